The first-order valence-corrected chi connectivity index (χ1v) is 8.33. The standard InChI is InChI=1S/C20H19N3O4/c1-13-4-3-5-15(10-13)20(25)21-16-6-8-17(9-7-16)26-12-19(24)22-18-11-14(2)27-23-18/h3-11H,12H2,1-2H3,(H,21,25)(H,22,23,24). The molecule has 0 fully saturated rings. The van der Waals surface area contributed by atoms with Gasteiger partial charge in [0, 0.05) is 17.3 Å². The van der Waals surface area contributed by atoms with Gasteiger partial charge in [0.2, 0.25) is 0 Å². The highest BCUT2D eigenvalue weighted by molar-refractivity contribution is 6.04. The summed E-state index contributed by atoms with van der Waals surface area (Å²) in [5, 5.41) is 9.06. The van der Waals surface area contributed by atoms with Gasteiger partial charge >= 0.3 is 0 Å². The highest BCUT2D eigenvalue weighted by Crippen LogP contribution is 2.17. The molecule has 0 aliphatic rings. The van der Waals surface area contributed by atoms with Crippen LogP contribution >= 0.6 is 0 Å². The minimum atomic E-state index is -0.347. The maximum absolute atomic E-state index is 12.2. The van der Waals surface area contributed by atoms with Crippen molar-refractivity contribution < 1.29 is 18.8 Å². The number of hydrogen-bond acceptors (Lipinski definition) is 5. The van der Waals surface area contributed by atoms with Crippen LogP contribution in [0.2, 0.25) is 0 Å². The van der Waals surface area contributed by atoms with Crippen molar-refractivity contribution in [1.82, 2.24) is 5.16 Å². The maximum Gasteiger partial charge on any atom is 0.263 e. The van der Waals surface area contributed by atoms with E-state index in [1.165, 1.54) is 0 Å². The molecule has 2 aromatic carbocycles. The Morgan fingerprint density at radius 1 is 1.04 bits per heavy atom. The van der Waals surface area contributed by atoms with Gasteiger partial charge in [0.1, 0.15) is 11.5 Å². The van der Waals surface area contributed by atoms with E-state index in [-0.39, 0.29) is 18.4 Å². The second-order valence-corrected chi connectivity index (χ2v) is 6.01. The molecule has 0 saturated carbocycles. The predicted molar refractivity (Wildman–Crippen MR) is 101 cm³/mol. The Hall–Kier alpha value is -3.61. The molecule has 0 saturated heterocycles. The zero-order valence-electron chi connectivity index (χ0n) is 15.0. The summed E-state index contributed by atoms with van der Waals surface area (Å²) >= 11 is 0. The van der Waals surface area contributed by atoms with Gasteiger partial charge in [-0.2, -0.15) is 0 Å². The lowest BCUT2D eigenvalue weighted by atomic mass is 10.1. The van der Waals surface area contributed by atoms with E-state index in [1.54, 1.807) is 43.3 Å². The molecule has 138 valence electrons. The zero-order valence-corrected chi connectivity index (χ0v) is 15.0. The molecule has 0 spiro atoms. The Bertz CT molecular complexity index is 948. The van der Waals surface area contributed by atoms with Gasteiger partial charge in [0.05, 0.1) is 0 Å². The molecule has 2 N–H and O–H groups in total. The number of ether oxygens (including phenoxy) is 1. The first kappa shape index (κ1) is 18.2. The summed E-state index contributed by atoms with van der Waals surface area (Å²) < 4.78 is 10.3. The van der Waals surface area contributed by atoms with E-state index in [2.05, 4.69) is 15.8 Å². The van der Waals surface area contributed by atoms with Crippen molar-refractivity contribution in [1.29, 1.82) is 0 Å². The van der Waals surface area contributed by atoms with Gasteiger partial charge in [0.15, 0.2) is 12.4 Å². The monoisotopic (exact) mass is 365 g/mol. The third kappa shape index (κ3) is 5.18. The van der Waals surface area contributed by atoms with Crippen LogP contribution in [0.1, 0.15) is 21.7 Å². The van der Waals surface area contributed by atoms with E-state index in [0.29, 0.717) is 28.6 Å². The Balaban J connectivity index is 1.51. The highest BCUT2D eigenvalue weighted by atomic mass is 16.5. The number of rotatable bonds is 6. The lowest BCUT2D eigenvalue weighted by Crippen LogP contribution is -2.20. The van der Waals surface area contributed by atoms with E-state index in [9.17, 15) is 9.59 Å². The second-order valence-electron chi connectivity index (χ2n) is 6.01. The van der Waals surface area contributed by atoms with Crippen molar-refractivity contribution in [3.63, 3.8) is 0 Å². The van der Waals surface area contributed by atoms with Gasteiger partial charge in [-0.25, -0.2) is 0 Å². The molecule has 0 atom stereocenters. The van der Waals surface area contributed by atoms with E-state index in [1.807, 2.05) is 25.1 Å². The number of amides is 2. The third-order valence-electron chi connectivity index (χ3n) is 3.66. The number of hydrogen-bond donors (Lipinski definition) is 2. The SMILES string of the molecule is Cc1cccc(C(=O)Nc2ccc(OCC(=O)Nc3cc(C)on3)cc2)c1. The zero-order chi connectivity index (χ0) is 19.2. The van der Waals surface area contributed by atoms with E-state index in [4.69, 9.17) is 9.26 Å². The van der Waals surface area contributed by atoms with Crippen LogP contribution in [0, 0.1) is 13.8 Å². The van der Waals surface area contributed by atoms with Crippen molar-refractivity contribution in [2.24, 2.45) is 0 Å². The fourth-order valence-corrected chi connectivity index (χ4v) is 2.38. The summed E-state index contributed by atoms with van der Waals surface area (Å²) in [5.41, 5.74) is 2.25. The van der Waals surface area contributed by atoms with Crippen LogP contribution in [0.3, 0.4) is 0 Å². The Morgan fingerprint density at radius 2 is 1.81 bits per heavy atom. The van der Waals surface area contributed by atoms with Gasteiger partial charge in [-0.05, 0) is 50.2 Å². The van der Waals surface area contributed by atoms with Crippen molar-refractivity contribution in [3.05, 3.63) is 71.5 Å². The van der Waals surface area contributed by atoms with E-state index >= 15 is 0 Å². The molecule has 7 nitrogen and oxygen atoms in total. The van der Waals surface area contributed by atoms with Crippen LogP contribution in [0.5, 0.6) is 5.75 Å². The molecule has 27 heavy (non-hydrogen) atoms. The molecular weight excluding hydrogens is 346 g/mol. The Labute approximate surface area is 156 Å². The quantitative estimate of drug-likeness (QED) is 0.697. The number of carbonyl (C=O) groups is 2. The molecule has 0 aliphatic heterocycles. The third-order valence-corrected chi connectivity index (χ3v) is 3.66. The maximum atomic E-state index is 12.2. The highest BCUT2D eigenvalue weighted by Gasteiger charge is 2.08. The van der Waals surface area contributed by atoms with Gasteiger partial charge < -0.3 is 19.9 Å². The lowest BCUT2D eigenvalue weighted by molar-refractivity contribution is -0.118. The van der Waals surface area contributed by atoms with Crippen LogP contribution < -0.4 is 15.4 Å². The Kier molecular flexibility index (Phi) is 5.51. The number of aromatic nitrogens is 1. The summed E-state index contributed by atoms with van der Waals surface area (Å²) in [6.07, 6.45) is 0. The molecule has 0 aliphatic carbocycles. The van der Waals surface area contributed by atoms with Crippen molar-refractivity contribution >= 4 is 23.3 Å². The summed E-state index contributed by atoms with van der Waals surface area (Å²) in [7, 11) is 0. The summed E-state index contributed by atoms with van der Waals surface area (Å²) in [6.45, 7) is 3.50. The van der Waals surface area contributed by atoms with Crippen LogP contribution in [0.15, 0.2) is 59.1 Å². The number of carbonyl (C=O) groups excluding carboxylic acids is 2. The normalized spacial score (nSPS) is 10.3. The molecule has 7 heteroatoms. The summed E-state index contributed by atoms with van der Waals surface area (Å²) in [6, 6.07) is 15.7. The molecule has 0 unspecified atom stereocenters. The molecule has 2 amide bonds. The van der Waals surface area contributed by atoms with Crippen LogP contribution in [-0.4, -0.2) is 23.6 Å². The molecule has 3 aromatic rings. The van der Waals surface area contributed by atoms with E-state index in [0.717, 1.165) is 5.56 Å². The van der Waals surface area contributed by atoms with Crippen LogP contribution in [0.4, 0.5) is 11.5 Å². The van der Waals surface area contributed by atoms with Crippen LogP contribution in [-0.2, 0) is 4.79 Å². The predicted octanol–water partition coefficient (Wildman–Crippen LogP) is 3.56. The number of aryl methyl sites for hydroxylation is 2. The Morgan fingerprint density at radius 3 is 2.48 bits per heavy atom. The average Bonchev–Trinajstić information content (AvgIpc) is 3.06. The molecule has 1 aromatic heterocycles. The largest absolute Gasteiger partial charge is 0.484 e. The van der Waals surface area contributed by atoms with Crippen molar-refractivity contribution in [2.45, 2.75) is 13.8 Å². The topological polar surface area (TPSA) is 93.5 Å². The molecular formula is C20H19N3O4. The molecule has 1 heterocycles. The van der Waals surface area contributed by atoms with Crippen molar-refractivity contribution in [3.8, 4) is 5.75 Å². The van der Waals surface area contributed by atoms with Gasteiger partial charge in [0.25, 0.3) is 11.8 Å². The number of anilines is 2. The molecule has 3 rings (SSSR count). The minimum absolute atomic E-state index is 0.166. The molecule has 0 bridgehead atoms. The fraction of sp³-hybridized carbons (Fsp3) is 0.150. The summed E-state index contributed by atoms with van der Waals surface area (Å²) in [5.74, 6) is 0.926. The number of nitrogens with zero attached hydrogens (tertiary/aromatic N) is 1. The first-order chi connectivity index (χ1) is 13.0. The first-order valence-electron chi connectivity index (χ1n) is 8.33. The number of nitrogens with one attached hydrogen (secondary N) is 2. The van der Waals surface area contributed by atoms with Crippen molar-refractivity contribution in [2.75, 3.05) is 17.2 Å². The average molecular weight is 365 g/mol. The minimum Gasteiger partial charge on any atom is -0.484 e. The summed E-state index contributed by atoms with van der Waals surface area (Å²) in [4.78, 5) is 24.0. The van der Waals surface area contributed by atoms with Gasteiger partial charge in [-0.1, -0.05) is 22.9 Å². The second kappa shape index (κ2) is 8.18. The smallest absolute Gasteiger partial charge is 0.263 e. The van der Waals surface area contributed by atoms with Gasteiger partial charge in [-0.15, -0.1) is 0 Å². The van der Waals surface area contributed by atoms with E-state index < -0.39 is 0 Å². The lowest BCUT2D eigenvalue weighted by Gasteiger charge is -2.08. The van der Waals surface area contributed by atoms with Crippen LogP contribution in [0.25, 0.3) is 0 Å². The molecule has 0 radical (unpaired) electrons. The van der Waals surface area contributed by atoms with Gasteiger partial charge in [-0.3, -0.25) is 9.59 Å². The fourth-order valence-electron chi connectivity index (χ4n) is 2.38. The number of benzene rings is 2.